The van der Waals surface area contributed by atoms with E-state index in [0.29, 0.717) is 11.3 Å². The Morgan fingerprint density at radius 2 is 1.88 bits per heavy atom. The number of nitrogens with two attached hydrogens (primary N) is 1. The van der Waals surface area contributed by atoms with Gasteiger partial charge in [0.2, 0.25) is 0 Å². The molecule has 0 heterocycles. The highest BCUT2D eigenvalue weighted by molar-refractivity contribution is 5.98. The van der Waals surface area contributed by atoms with Crippen LogP contribution in [0.25, 0.3) is 0 Å². The van der Waals surface area contributed by atoms with Gasteiger partial charge < -0.3 is 10.5 Å². The Kier molecular flexibility index (Phi) is 4.47. The number of anilines is 1. The van der Waals surface area contributed by atoms with Crippen molar-refractivity contribution in [1.29, 1.82) is 0 Å². The molecule has 1 aromatic rings. The summed E-state index contributed by atoms with van der Waals surface area (Å²) in [5, 5.41) is 2.69. The quantitative estimate of drug-likeness (QED) is 0.423. The summed E-state index contributed by atoms with van der Waals surface area (Å²) in [7, 11) is 1.30. The van der Waals surface area contributed by atoms with Crippen molar-refractivity contribution in [2.24, 2.45) is 0 Å². The zero-order valence-electron chi connectivity index (χ0n) is 9.03. The molecule has 0 aliphatic carbocycles. The molecule has 0 amide bonds. The zero-order valence-corrected chi connectivity index (χ0v) is 9.03. The molecule has 0 aliphatic heterocycles. The summed E-state index contributed by atoms with van der Waals surface area (Å²) in [5.74, 6) is -0.492. The van der Waals surface area contributed by atoms with Gasteiger partial charge in [0.15, 0.2) is 5.78 Å². The summed E-state index contributed by atoms with van der Waals surface area (Å²) < 4.78 is 4.42. The smallest absolute Gasteiger partial charge is 0.319 e. The molecule has 0 aromatic heterocycles. The van der Waals surface area contributed by atoms with Gasteiger partial charge >= 0.3 is 5.97 Å². The van der Waals surface area contributed by atoms with Crippen molar-refractivity contribution in [3.8, 4) is 0 Å². The van der Waals surface area contributed by atoms with Crippen molar-refractivity contribution < 1.29 is 14.3 Å². The minimum absolute atomic E-state index is 0.0250. The van der Waals surface area contributed by atoms with Crippen LogP contribution in [0.15, 0.2) is 24.3 Å². The predicted octanol–water partition coefficient (Wildman–Crippen LogP) is 0.214. The number of esters is 1. The van der Waals surface area contributed by atoms with Gasteiger partial charge in [0.1, 0.15) is 0 Å². The molecule has 5 nitrogen and oxygen atoms in total. The first-order valence-electron chi connectivity index (χ1n) is 4.79. The molecule has 0 bridgehead atoms. The number of hydrogen-bond donors (Lipinski definition) is 2. The molecule has 0 saturated heterocycles. The summed E-state index contributed by atoms with van der Waals surface area (Å²) >= 11 is 0. The van der Waals surface area contributed by atoms with Gasteiger partial charge in [-0.3, -0.25) is 14.9 Å². The van der Waals surface area contributed by atoms with Gasteiger partial charge in [0.05, 0.1) is 20.2 Å². The van der Waals surface area contributed by atoms with E-state index >= 15 is 0 Å². The number of methoxy groups -OCH3 is 1. The van der Waals surface area contributed by atoms with Crippen molar-refractivity contribution >= 4 is 17.4 Å². The third kappa shape index (κ3) is 3.70. The number of benzene rings is 1. The summed E-state index contributed by atoms with van der Waals surface area (Å²) in [4.78, 5) is 22.3. The first-order chi connectivity index (χ1) is 7.63. The van der Waals surface area contributed by atoms with Crippen LogP contribution in [0.1, 0.15) is 10.4 Å². The van der Waals surface area contributed by atoms with Gasteiger partial charge in [-0.25, -0.2) is 0 Å². The molecule has 0 unspecified atom stereocenters. The van der Waals surface area contributed by atoms with Crippen molar-refractivity contribution in [2.75, 3.05) is 25.9 Å². The number of nitrogens with one attached hydrogen (secondary N) is 1. The minimum Gasteiger partial charge on any atom is -0.468 e. The van der Waals surface area contributed by atoms with E-state index in [0.717, 1.165) is 0 Å². The molecule has 1 rings (SSSR count). The first kappa shape index (κ1) is 12.2. The van der Waals surface area contributed by atoms with Crippen LogP contribution in [0.5, 0.6) is 0 Å². The second-order valence-electron chi connectivity index (χ2n) is 3.22. The molecule has 16 heavy (non-hydrogen) atoms. The Morgan fingerprint density at radius 3 is 2.44 bits per heavy atom. The molecular formula is C11H14N2O3. The molecular weight excluding hydrogens is 208 g/mol. The number of carbonyl (C=O) groups is 2. The van der Waals surface area contributed by atoms with Gasteiger partial charge in [-0.05, 0) is 24.3 Å². The fourth-order valence-corrected chi connectivity index (χ4v) is 1.12. The Balaban J connectivity index is 2.41. The minimum atomic E-state index is -0.398. The van der Waals surface area contributed by atoms with Gasteiger partial charge in [-0.15, -0.1) is 0 Å². The number of carbonyl (C=O) groups excluding carboxylic acids is 2. The Hall–Kier alpha value is -1.88. The van der Waals surface area contributed by atoms with E-state index in [4.69, 9.17) is 5.73 Å². The van der Waals surface area contributed by atoms with E-state index in [-0.39, 0.29) is 18.9 Å². The maximum absolute atomic E-state index is 11.6. The second-order valence-corrected chi connectivity index (χ2v) is 3.22. The topological polar surface area (TPSA) is 81.4 Å². The molecule has 3 N–H and O–H groups in total. The summed E-state index contributed by atoms with van der Waals surface area (Å²) in [5.41, 5.74) is 6.67. The molecule has 86 valence electrons. The van der Waals surface area contributed by atoms with Crippen molar-refractivity contribution in [1.82, 2.24) is 5.32 Å². The normalized spacial score (nSPS) is 9.81. The molecule has 1 aromatic carbocycles. The van der Waals surface area contributed by atoms with E-state index in [1.807, 2.05) is 0 Å². The van der Waals surface area contributed by atoms with Crippen LogP contribution >= 0.6 is 0 Å². The lowest BCUT2D eigenvalue weighted by atomic mass is 10.1. The lowest BCUT2D eigenvalue weighted by Gasteiger charge is -2.03. The maximum atomic E-state index is 11.6. The number of nitrogen functional groups attached to an aromatic ring is 1. The van der Waals surface area contributed by atoms with E-state index < -0.39 is 5.97 Å². The highest BCUT2D eigenvalue weighted by Gasteiger charge is 2.06. The number of ether oxygens (including phenoxy) is 1. The standard InChI is InChI=1S/C11H14N2O3/c1-16-11(15)7-13-6-10(14)8-2-4-9(12)5-3-8/h2-5,13H,6-7,12H2,1H3. The van der Waals surface area contributed by atoms with Crippen LogP contribution in [0.4, 0.5) is 5.69 Å². The summed E-state index contributed by atoms with van der Waals surface area (Å²) in [6.07, 6.45) is 0. The van der Waals surface area contributed by atoms with Gasteiger partial charge in [-0.2, -0.15) is 0 Å². The van der Waals surface area contributed by atoms with E-state index in [9.17, 15) is 9.59 Å². The molecule has 0 saturated carbocycles. The van der Waals surface area contributed by atoms with Gasteiger partial charge in [0.25, 0.3) is 0 Å². The van der Waals surface area contributed by atoms with Crippen molar-refractivity contribution in [2.45, 2.75) is 0 Å². The average molecular weight is 222 g/mol. The average Bonchev–Trinajstić information content (AvgIpc) is 2.29. The third-order valence-electron chi connectivity index (χ3n) is 2.02. The second kappa shape index (κ2) is 5.87. The number of Topliss-reactive ketones (excluding diaryl/α,β-unsaturated/α-hetero) is 1. The number of rotatable bonds is 5. The van der Waals surface area contributed by atoms with Crippen molar-refractivity contribution in [3.63, 3.8) is 0 Å². The summed E-state index contributed by atoms with van der Waals surface area (Å²) in [6, 6.07) is 6.62. The van der Waals surface area contributed by atoms with Crippen LogP contribution < -0.4 is 11.1 Å². The molecule has 0 spiro atoms. The first-order valence-corrected chi connectivity index (χ1v) is 4.79. The van der Waals surface area contributed by atoms with Gasteiger partial charge in [0, 0.05) is 11.3 Å². The lowest BCUT2D eigenvalue weighted by Crippen LogP contribution is -2.29. The largest absolute Gasteiger partial charge is 0.468 e. The molecule has 0 fully saturated rings. The van der Waals surface area contributed by atoms with Crippen LogP contribution in [-0.2, 0) is 9.53 Å². The predicted molar refractivity (Wildman–Crippen MR) is 60.1 cm³/mol. The van der Waals surface area contributed by atoms with Crippen molar-refractivity contribution in [3.05, 3.63) is 29.8 Å². The molecule has 0 aliphatic rings. The fourth-order valence-electron chi connectivity index (χ4n) is 1.12. The maximum Gasteiger partial charge on any atom is 0.319 e. The Morgan fingerprint density at radius 1 is 1.25 bits per heavy atom. The van der Waals surface area contributed by atoms with E-state index in [1.54, 1.807) is 24.3 Å². The SMILES string of the molecule is COC(=O)CNCC(=O)c1ccc(N)cc1. The van der Waals surface area contributed by atoms with Crippen LogP contribution in [0.2, 0.25) is 0 Å². The highest BCUT2D eigenvalue weighted by Crippen LogP contribution is 2.05. The third-order valence-corrected chi connectivity index (χ3v) is 2.02. The number of ketones is 1. The Bertz CT molecular complexity index is 373. The summed E-state index contributed by atoms with van der Waals surface area (Å²) in [6.45, 7) is 0.121. The van der Waals surface area contributed by atoms with E-state index in [2.05, 4.69) is 10.1 Å². The monoisotopic (exact) mass is 222 g/mol. The number of hydrogen-bond acceptors (Lipinski definition) is 5. The van der Waals surface area contributed by atoms with Crippen LogP contribution in [-0.4, -0.2) is 32.0 Å². The molecule has 5 heteroatoms. The highest BCUT2D eigenvalue weighted by atomic mass is 16.5. The lowest BCUT2D eigenvalue weighted by molar-refractivity contribution is -0.139. The fraction of sp³-hybridized carbons (Fsp3) is 0.273. The molecule has 0 radical (unpaired) electrons. The van der Waals surface area contributed by atoms with Crippen LogP contribution in [0, 0.1) is 0 Å². The van der Waals surface area contributed by atoms with E-state index in [1.165, 1.54) is 7.11 Å². The zero-order chi connectivity index (χ0) is 12.0. The van der Waals surface area contributed by atoms with Gasteiger partial charge in [-0.1, -0.05) is 0 Å². The van der Waals surface area contributed by atoms with Crippen LogP contribution in [0.3, 0.4) is 0 Å². The molecule has 0 atom stereocenters. The Labute approximate surface area is 93.6 Å².